The van der Waals surface area contributed by atoms with Crippen LogP contribution in [-0.4, -0.2) is 22.1 Å². The van der Waals surface area contributed by atoms with Crippen molar-refractivity contribution in [1.29, 1.82) is 0 Å². The fourth-order valence-corrected chi connectivity index (χ4v) is 4.21. The van der Waals surface area contributed by atoms with Gasteiger partial charge in [-0.05, 0) is 38.3 Å². The first-order chi connectivity index (χ1) is 10.1. The molecular formula is C14H13N3OS3. The van der Waals surface area contributed by atoms with E-state index >= 15 is 0 Å². The van der Waals surface area contributed by atoms with Crippen molar-refractivity contribution >= 4 is 55.7 Å². The summed E-state index contributed by atoms with van der Waals surface area (Å²) in [5.74, 6) is -0.137. The molecule has 0 radical (unpaired) electrons. The molecule has 0 aliphatic heterocycles. The fraction of sp³-hybridized carbons (Fsp3) is 0.214. The van der Waals surface area contributed by atoms with E-state index in [9.17, 15) is 4.79 Å². The molecule has 3 aromatic rings. The Morgan fingerprint density at radius 2 is 2.05 bits per heavy atom. The molecule has 7 heteroatoms. The molecule has 0 atom stereocenters. The van der Waals surface area contributed by atoms with Gasteiger partial charge < -0.3 is 0 Å². The molecule has 1 aromatic carbocycles. The van der Waals surface area contributed by atoms with E-state index in [1.807, 2.05) is 32.2 Å². The van der Waals surface area contributed by atoms with Gasteiger partial charge in [-0.15, -0.1) is 23.1 Å². The maximum absolute atomic E-state index is 12.3. The predicted octanol–water partition coefficient (Wildman–Crippen LogP) is 4.34. The molecular weight excluding hydrogens is 322 g/mol. The Balaban J connectivity index is 1.87. The third kappa shape index (κ3) is 2.95. The summed E-state index contributed by atoms with van der Waals surface area (Å²) in [5.41, 5.74) is 1.67. The maximum atomic E-state index is 12.3. The molecule has 0 unspecified atom stereocenters. The minimum Gasteiger partial charge on any atom is -0.297 e. The summed E-state index contributed by atoms with van der Waals surface area (Å²) in [5, 5.41) is 4.39. The fourth-order valence-electron chi connectivity index (χ4n) is 1.98. The number of hydrogen-bond acceptors (Lipinski definition) is 6. The summed E-state index contributed by atoms with van der Waals surface area (Å²) < 4.78 is 1.08. The molecule has 2 heterocycles. The van der Waals surface area contributed by atoms with Crippen LogP contribution in [-0.2, 0) is 0 Å². The number of amides is 1. The Bertz CT molecular complexity index is 822. The van der Waals surface area contributed by atoms with Crippen LogP contribution in [0.3, 0.4) is 0 Å². The third-order valence-corrected chi connectivity index (χ3v) is 5.66. The van der Waals surface area contributed by atoms with Crippen molar-refractivity contribution in [3.63, 3.8) is 0 Å². The molecule has 2 aromatic heterocycles. The smallest absolute Gasteiger partial charge is 0.269 e. The second-order valence-corrected chi connectivity index (χ2v) is 7.57. The molecule has 0 saturated heterocycles. The van der Waals surface area contributed by atoms with E-state index in [4.69, 9.17) is 0 Å². The Morgan fingerprint density at radius 1 is 1.24 bits per heavy atom. The summed E-state index contributed by atoms with van der Waals surface area (Å²) in [6.45, 7) is 3.75. The second kappa shape index (κ2) is 5.75. The van der Waals surface area contributed by atoms with Gasteiger partial charge in [-0.3, -0.25) is 10.1 Å². The lowest BCUT2D eigenvalue weighted by molar-refractivity contribution is 0.103. The molecule has 0 saturated carbocycles. The number of thiazole rings is 2. The second-order valence-electron chi connectivity index (χ2n) is 4.45. The molecule has 1 N–H and O–H groups in total. The molecule has 0 aliphatic carbocycles. The van der Waals surface area contributed by atoms with Crippen LogP contribution in [0.1, 0.15) is 20.4 Å². The van der Waals surface area contributed by atoms with E-state index in [1.165, 1.54) is 27.6 Å². The largest absolute Gasteiger partial charge is 0.297 e. The number of carbonyl (C=O) groups is 1. The highest BCUT2D eigenvalue weighted by molar-refractivity contribution is 7.98. The van der Waals surface area contributed by atoms with Gasteiger partial charge in [-0.2, -0.15) is 0 Å². The average Bonchev–Trinajstić information content (AvgIpc) is 2.99. The summed E-state index contributed by atoms with van der Waals surface area (Å²) >= 11 is 4.59. The third-order valence-electron chi connectivity index (χ3n) is 2.93. The zero-order valence-corrected chi connectivity index (χ0v) is 14.2. The molecule has 1 amide bonds. The number of hydrogen-bond donors (Lipinski definition) is 1. The van der Waals surface area contributed by atoms with Crippen LogP contribution in [0.5, 0.6) is 0 Å². The van der Waals surface area contributed by atoms with Gasteiger partial charge in [0.2, 0.25) is 0 Å². The number of thioether (sulfide) groups is 1. The van der Waals surface area contributed by atoms with E-state index in [0.717, 1.165) is 20.9 Å². The minimum atomic E-state index is -0.137. The Morgan fingerprint density at radius 3 is 2.71 bits per heavy atom. The molecule has 4 nitrogen and oxygen atoms in total. The lowest BCUT2D eigenvalue weighted by atomic mass is 10.3. The number of rotatable bonds is 3. The van der Waals surface area contributed by atoms with E-state index in [2.05, 4.69) is 21.4 Å². The van der Waals surface area contributed by atoms with E-state index in [1.54, 1.807) is 11.8 Å². The molecule has 21 heavy (non-hydrogen) atoms. The highest BCUT2D eigenvalue weighted by atomic mass is 32.2. The van der Waals surface area contributed by atoms with Gasteiger partial charge in [0.05, 0.1) is 20.9 Å². The summed E-state index contributed by atoms with van der Waals surface area (Å²) in [7, 11) is 0. The highest BCUT2D eigenvalue weighted by Crippen LogP contribution is 2.30. The highest BCUT2D eigenvalue weighted by Gasteiger charge is 2.15. The summed E-state index contributed by atoms with van der Waals surface area (Å²) in [4.78, 5) is 22.8. The first-order valence-corrected chi connectivity index (χ1v) is 9.12. The minimum absolute atomic E-state index is 0.137. The quantitative estimate of drug-likeness (QED) is 0.723. The van der Waals surface area contributed by atoms with Crippen molar-refractivity contribution in [3.8, 4) is 0 Å². The van der Waals surface area contributed by atoms with Crippen molar-refractivity contribution in [2.75, 3.05) is 11.6 Å². The zero-order chi connectivity index (χ0) is 15.0. The topological polar surface area (TPSA) is 54.9 Å². The van der Waals surface area contributed by atoms with Gasteiger partial charge in [0.25, 0.3) is 5.91 Å². The van der Waals surface area contributed by atoms with Crippen LogP contribution in [0.4, 0.5) is 5.13 Å². The summed E-state index contributed by atoms with van der Waals surface area (Å²) in [6.07, 6.45) is 2.04. The molecule has 3 rings (SSSR count). The molecule has 0 bridgehead atoms. The molecule has 0 spiro atoms. The predicted molar refractivity (Wildman–Crippen MR) is 90.9 cm³/mol. The SMILES string of the molecule is CSc1ccc2nc(NC(=O)c3sc(C)nc3C)sc2c1. The number of benzene rings is 1. The van der Waals surface area contributed by atoms with E-state index in [-0.39, 0.29) is 5.91 Å². The van der Waals surface area contributed by atoms with Crippen molar-refractivity contribution in [2.45, 2.75) is 18.7 Å². The van der Waals surface area contributed by atoms with Crippen LogP contribution in [0.25, 0.3) is 10.2 Å². The maximum Gasteiger partial charge on any atom is 0.269 e. The average molecular weight is 335 g/mol. The van der Waals surface area contributed by atoms with Gasteiger partial charge >= 0.3 is 0 Å². The monoisotopic (exact) mass is 335 g/mol. The molecule has 108 valence electrons. The standard InChI is InChI=1S/C14H13N3OS3/c1-7-12(20-8(2)15-7)13(18)17-14-16-10-5-4-9(19-3)6-11(10)21-14/h4-6H,1-3H3,(H,16,17,18). The van der Waals surface area contributed by atoms with Gasteiger partial charge in [0.1, 0.15) is 4.88 Å². The Hall–Kier alpha value is -1.44. The van der Waals surface area contributed by atoms with Crippen LogP contribution in [0, 0.1) is 13.8 Å². The number of anilines is 1. The van der Waals surface area contributed by atoms with E-state index < -0.39 is 0 Å². The van der Waals surface area contributed by atoms with Gasteiger partial charge in [-0.1, -0.05) is 11.3 Å². The first kappa shape index (κ1) is 14.5. The van der Waals surface area contributed by atoms with Gasteiger partial charge in [-0.25, -0.2) is 9.97 Å². The van der Waals surface area contributed by atoms with Crippen LogP contribution < -0.4 is 5.32 Å². The van der Waals surface area contributed by atoms with Crippen molar-refractivity contribution < 1.29 is 4.79 Å². The van der Waals surface area contributed by atoms with Crippen molar-refractivity contribution in [2.24, 2.45) is 0 Å². The number of aromatic nitrogens is 2. The van der Waals surface area contributed by atoms with Crippen molar-refractivity contribution in [1.82, 2.24) is 9.97 Å². The lowest BCUT2D eigenvalue weighted by Crippen LogP contribution is -2.11. The van der Waals surface area contributed by atoms with Gasteiger partial charge in [0, 0.05) is 4.90 Å². The number of nitrogens with zero attached hydrogens (tertiary/aromatic N) is 2. The van der Waals surface area contributed by atoms with Crippen molar-refractivity contribution in [3.05, 3.63) is 33.8 Å². The first-order valence-electron chi connectivity index (χ1n) is 6.27. The Labute approximate surface area is 134 Å². The lowest BCUT2D eigenvalue weighted by Gasteiger charge is -1.98. The normalized spacial score (nSPS) is 11.0. The number of fused-ring (bicyclic) bond motifs is 1. The van der Waals surface area contributed by atoms with Crippen LogP contribution >= 0.6 is 34.4 Å². The van der Waals surface area contributed by atoms with Gasteiger partial charge in [0.15, 0.2) is 5.13 Å². The van der Waals surface area contributed by atoms with E-state index in [0.29, 0.717) is 10.0 Å². The number of aryl methyl sites for hydroxylation is 2. The number of carbonyl (C=O) groups excluding carboxylic acids is 1. The van der Waals surface area contributed by atoms with Crippen LogP contribution in [0.15, 0.2) is 23.1 Å². The van der Waals surface area contributed by atoms with Crippen LogP contribution in [0.2, 0.25) is 0 Å². The zero-order valence-electron chi connectivity index (χ0n) is 11.8. The summed E-state index contributed by atoms with van der Waals surface area (Å²) in [6, 6.07) is 6.11. The Kier molecular flexibility index (Phi) is 3.97. The molecule has 0 fully saturated rings. The molecule has 0 aliphatic rings. The number of nitrogens with one attached hydrogen (secondary N) is 1.